The van der Waals surface area contributed by atoms with Gasteiger partial charge in [-0.2, -0.15) is 0 Å². The number of esters is 1. The highest BCUT2D eigenvalue weighted by atomic mass is 16.5. The van der Waals surface area contributed by atoms with Gasteiger partial charge in [-0.25, -0.2) is 4.79 Å². The second-order valence-corrected chi connectivity index (χ2v) is 3.52. The van der Waals surface area contributed by atoms with Crippen LogP contribution >= 0.6 is 0 Å². The molecule has 0 aliphatic heterocycles. The summed E-state index contributed by atoms with van der Waals surface area (Å²) in [4.78, 5) is 12.8. The van der Waals surface area contributed by atoms with E-state index in [-0.39, 0.29) is 5.97 Å². The number of hydrogen-bond acceptors (Lipinski definition) is 4. The predicted octanol–water partition coefficient (Wildman–Crippen LogP) is 0.603. The molecule has 0 rings (SSSR count). The number of carbonyl (C=O) groups excluding carboxylic acids is 1. The summed E-state index contributed by atoms with van der Waals surface area (Å²) in [6.07, 6.45) is 4.05. The lowest BCUT2D eigenvalue weighted by atomic mass is 10.2. The standard InChI is InChI=1S/C10H20N2O2/c1-9(6-8-12(2)3)11-7-5-10(13)14-4/h5,7,9,11H,6,8H2,1-4H3/b7-5+. The van der Waals surface area contributed by atoms with E-state index in [4.69, 9.17) is 0 Å². The van der Waals surface area contributed by atoms with Crippen molar-refractivity contribution in [3.63, 3.8) is 0 Å². The summed E-state index contributed by atoms with van der Waals surface area (Å²) in [7, 11) is 5.44. The zero-order valence-electron chi connectivity index (χ0n) is 9.41. The highest BCUT2D eigenvalue weighted by Crippen LogP contribution is 1.91. The molecule has 0 spiro atoms. The van der Waals surface area contributed by atoms with Gasteiger partial charge in [0.2, 0.25) is 0 Å². The maximum Gasteiger partial charge on any atom is 0.331 e. The number of ether oxygens (including phenoxy) is 1. The van der Waals surface area contributed by atoms with E-state index in [1.54, 1.807) is 6.20 Å². The zero-order valence-corrected chi connectivity index (χ0v) is 9.41. The maximum atomic E-state index is 10.7. The Bertz CT molecular complexity index is 191. The molecule has 0 amide bonds. The van der Waals surface area contributed by atoms with Gasteiger partial charge in [0.05, 0.1) is 7.11 Å². The van der Waals surface area contributed by atoms with Crippen molar-refractivity contribution >= 4 is 5.97 Å². The lowest BCUT2D eigenvalue weighted by Crippen LogP contribution is -2.26. The van der Waals surface area contributed by atoms with Gasteiger partial charge >= 0.3 is 5.97 Å². The second kappa shape index (κ2) is 7.38. The molecule has 1 N–H and O–H groups in total. The van der Waals surface area contributed by atoms with Crippen LogP contribution in [0.15, 0.2) is 12.3 Å². The molecule has 0 bridgehead atoms. The van der Waals surface area contributed by atoms with E-state index < -0.39 is 0 Å². The number of rotatable bonds is 6. The van der Waals surface area contributed by atoms with Crippen LogP contribution < -0.4 is 5.32 Å². The number of methoxy groups -OCH3 is 1. The van der Waals surface area contributed by atoms with Gasteiger partial charge in [-0.1, -0.05) is 0 Å². The molecular formula is C10H20N2O2. The highest BCUT2D eigenvalue weighted by molar-refractivity contribution is 5.81. The van der Waals surface area contributed by atoms with Crippen LogP contribution in [0.3, 0.4) is 0 Å². The summed E-state index contributed by atoms with van der Waals surface area (Å²) in [5.41, 5.74) is 0. The lowest BCUT2D eigenvalue weighted by Gasteiger charge is -2.14. The second-order valence-electron chi connectivity index (χ2n) is 3.52. The number of carbonyl (C=O) groups is 1. The minimum Gasteiger partial charge on any atom is -0.466 e. The summed E-state index contributed by atoms with van der Waals surface area (Å²) < 4.78 is 4.46. The maximum absolute atomic E-state index is 10.7. The molecule has 4 heteroatoms. The largest absolute Gasteiger partial charge is 0.466 e. The van der Waals surface area contributed by atoms with E-state index in [0.717, 1.165) is 13.0 Å². The molecule has 0 radical (unpaired) electrons. The van der Waals surface area contributed by atoms with E-state index >= 15 is 0 Å². The molecule has 0 heterocycles. The summed E-state index contributed by atoms with van der Waals surface area (Å²) in [6.45, 7) is 3.10. The molecule has 0 saturated carbocycles. The number of nitrogens with one attached hydrogen (secondary N) is 1. The Hall–Kier alpha value is -1.03. The van der Waals surface area contributed by atoms with Gasteiger partial charge in [0.1, 0.15) is 0 Å². The molecule has 0 aromatic heterocycles. The molecule has 0 aromatic rings. The minimum absolute atomic E-state index is 0.336. The van der Waals surface area contributed by atoms with E-state index in [9.17, 15) is 4.79 Å². The third kappa shape index (κ3) is 7.61. The fourth-order valence-corrected chi connectivity index (χ4v) is 0.884. The van der Waals surface area contributed by atoms with Crippen LogP contribution in [0.5, 0.6) is 0 Å². The molecule has 1 atom stereocenters. The van der Waals surface area contributed by atoms with Gasteiger partial charge in [0.15, 0.2) is 0 Å². The van der Waals surface area contributed by atoms with Crippen LogP contribution in [-0.2, 0) is 9.53 Å². The molecule has 0 saturated heterocycles. The fraction of sp³-hybridized carbons (Fsp3) is 0.700. The Kier molecular flexibility index (Phi) is 6.84. The van der Waals surface area contributed by atoms with Crippen molar-refractivity contribution < 1.29 is 9.53 Å². The van der Waals surface area contributed by atoms with Gasteiger partial charge in [-0.05, 0) is 34.0 Å². The fourth-order valence-electron chi connectivity index (χ4n) is 0.884. The first-order valence-corrected chi connectivity index (χ1v) is 4.71. The van der Waals surface area contributed by atoms with E-state index in [1.165, 1.54) is 13.2 Å². The molecule has 0 fully saturated rings. The first kappa shape index (κ1) is 13.0. The summed E-state index contributed by atoms with van der Waals surface area (Å²) in [5.74, 6) is -0.336. The first-order valence-electron chi connectivity index (χ1n) is 4.71. The van der Waals surface area contributed by atoms with Crippen LogP contribution in [0, 0.1) is 0 Å². The average molecular weight is 200 g/mol. The third-order valence-corrected chi connectivity index (χ3v) is 1.81. The van der Waals surface area contributed by atoms with Gasteiger partial charge in [-0.15, -0.1) is 0 Å². The van der Waals surface area contributed by atoms with Crippen molar-refractivity contribution in [1.29, 1.82) is 0 Å². The molecule has 14 heavy (non-hydrogen) atoms. The van der Waals surface area contributed by atoms with Gasteiger partial charge in [0.25, 0.3) is 0 Å². The Morgan fingerprint density at radius 3 is 2.71 bits per heavy atom. The highest BCUT2D eigenvalue weighted by Gasteiger charge is 1.99. The minimum atomic E-state index is -0.336. The predicted molar refractivity (Wildman–Crippen MR) is 56.9 cm³/mol. The Morgan fingerprint density at radius 2 is 2.21 bits per heavy atom. The molecule has 1 unspecified atom stereocenters. The van der Waals surface area contributed by atoms with Crippen molar-refractivity contribution in [1.82, 2.24) is 10.2 Å². The van der Waals surface area contributed by atoms with Crippen molar-refractivity contribution in [3.8, 4) is 0 Å². The van der Waals surface area contributed by atoms with Crippen molar-refractivity contribution in [2.24, 2.45) is 0 Å². The summed E-state index contributed by atoms with van der Waals surface area (Å²) >= 11 is 0. The van der Waals surface area contributed by atoms with E-state index in [0.29, 0.717) is 6.04 Å². The van der Waals surface area contributed by atoms with Crippen LogP contribution in [0.2, 0.25) is 0 Å². The van der Waals surface area contributed by atoms with Crippen LogP contribution in [0.1, 0.15) is 13.3 Å². The van der Waals surface area contributed by atoms with Gasteiger partial charge in [-0.3, -0.25) is 0 Å². The SMILES string of the molecule is COC(=O)/C=C/NC(C)CCN(C)C. The zero-order chi connectivity index (χ0) is 11.0. The number of nitrogens with zero attached hydrogens (tertiary/aromatic N) is 1. The topological polar surface area (TPSA) is 41.6 Å². The monoisotopic (exact) mass is 200 g/mol. The third-order valence-electron chi connectivity index (χ3n) is 1.81. The average Bonchev–Trinajstić information content (AvgIpc) is 2.14. The normalized spacial score (nSPS) is 13.2. The van der Waals surface area contributed by atoms with Crippen molar-refractivity contribution in [3.05, 3.63) is 12.3 Å². The van der Waals surface area contributed by atoms with E-state index in [2.05, 4.69) is 21.9 Å². The van der Waals surface area contributed by atoms with Gasteiger partial charge < -0.3 is 15.0 Å². The molecule has 0 aliphatic rings. The molecule has 82 valence electrons. The van der Waals surface area contributed by atoms with Crippen LogP contribution in [-0.4, -0.2) is 44.7 Å². The number of hydrogen-bond donors (Lipinski definition) is 1. The Labute approximate surface area is 85.9 Å². The van der Waals surface area contributed by atoms with Crippen LogP contribution in [0.4, 0.5) is 0 Å². The van der Waals surface area contributed by atoms with Crippen LogP contribution in [0.25, 0.3) is 0 Å². The summed E-state index contributed by atoms with van der Waals surface area (Å²) in [5, 5.41) is 3.10. The molecule has 0 aliphatic carbocycles. The van der Waals surface area contributed by atoms with Crippen molar-refractivity contribution in [2.45, 2.75) is 19.4 Å². The van der Waals surface area contributed by atoms with Gasteiger partial charge in [0, 0.05) is 18.3 Å². The van der Waals surface area contributed by atoms with Crippen molar-refractivity contribution in [2.75, 3.05) is 27.7 Å². The molecule has 4 nitrogen and oxygen atoms in total. The smallest absolute Gasteiger partial charge is 0.331 e. The first-order chi connectivity index (χ1) is 6.56. The Balaban J connectivity index is 3.57. The summed E-state index contributed by atoms with van der Waals surface area (Å²) in [6, 6.07) is 0.360. The Morgan fingerprint density at radius 1 is 1.57 bits per heavy atom. The van der Waals surface area contributed by atoms with E-state index in [1.807, 2.05) is 14.1 Å². The molecular weight excluding hydrogens is 180 g/mol. The molecule has 0 aromatic carbocycles. The lowest BCUT2D eigenvalue weighted by molar-refractivity contribution is -0.134. The quantitative estimate of drug-likeness (QED) is 0.503.